The van der Waals surface area contributed by atoms with Gasteiger partial charge in [0.25, 0.3) is 0 Å². The minimum absolute atomic E-state index is 0.00270. The van der Waals surface area contributed by atoms with Gasteiger partial charge in [0.15, 0.2) is 0 Å². The predicted octanol–water partition coefficient (Wildman–Crippen LogP) is 1.18. The topological polar surface area (TPSA) is 76.1 Å². The zero-order valence-electron chi connectivity index (χ0n) is 11.6. The Hall–Kier alpha value is -2.08. The Kier molecular flexibility index (Phi) is 6.52. The number of aliphatic hydroxyl groups is 1. The zero-order valence-corrected chi connectivity index (χ0v) is 11.6. The number of ether oxygens (including phenoxy) is 2. The molecule has 1 atom stereocenters. The fourth-order valence-corrected chi connectivity index (χ4v) is 1.55. The quantitative estimate of drug-likeness (QED) is 0.792. The summed E-state index contributed by atoms with van der Waals surface area (Å²) < 4.78 is 9.61. The van der Waals surface area contributed by atoms with Crippen LogP contribution in [0.3, 0.4) is 0 Å². The van der Waals surface area contributed by atoms with Crippen molar-refractivity contribution in [1.82, 2.24) is 4.90 Å². The molecular formula is C14H19NO5. The first kappa shape index (κ1) is 16.0. The first-order chi connectivity index (χ1) is 9.52. The largest absolute Gasteiger partial charge is 0.468 e. The van der Waals surface area contributed by atoms with Crippen molar-refractivity contribution in [3.05, 3.63) is 35.9 Å². The van der Waals surface area contributed by atoms with Crippen molar-refractivity contribution in [2.75, 3.05) is 20.2 Å². The minimum atomic E-state index is -0.760. The number of hydrogen-bond donors (Lipinski definition) is 1. The standard InChI is InChI=1S/C14H19NO5/c1-11(16)8-15(9-13(17)19-2)14(18)20-10-12-6-4-3-5-7-12/h3-7,11,16H,8-10H2,1-2H3. The Balaban J connectivity index is 2.56. The van der Waals surface area contributed by atoms with E-state index in [0.717, 1.165) is 10.5 Å². The second-order valence-electron chi connectivity index (χ2n) is 4.35. The van der Waals surface area contributed by atoms with Crippen LogP contribution in [0.2, 0.25) is 0 Å². The zero-order chi connectivity index (χ0) is 15.0. The Labute approximate surface area is 117 Å². The maximum atomic E-state index is 11.9. The molecule has 0 heterocycles. The lowest BCUT2D eigenvalue weighted by Gasteiger charge is -2.22. The lowest BCUT2D eigenvalue weighted by molar-refractivity contribution is -0.141. The summed E-state index contributed by atoms with van der Waals surface area (Å²) in [7, 11) is 1.23. The molecule has 1 aromatic carbocycles. The molecule has 1 N–H and O–H groups in total. The van der Waals surface area contributed by atoms with Crippen molar-refractivity contribution < 1.29 is 24.2 Å². The molecule has 0 fully saturated rings. The second-order valence-corrected chi connectivity index (χ2v) is 4.35. The maximum Gasteiger partial charge on any atom is 0.410 e. The molecule has 6 nitrogen and oxygen atoms in total. The molecule has 110 valence electrons. The third-order valence-electron chi connectivity index (χ3n) is 2.50. The molecule has 20 heavy (non-hydrogen) atoms. The van der Waals surface area contributed by atoms with Crippen LogP contribution in [0.15, 0.2) is 30.3 Å². The van der Waals surface area contributed by atoms with E-state index in [1.807, 2.05) is 30.3 Å². The van der Waals surface area contributed by atoms with Gasteiger partial charge < -0.3 is 14.6 Å². The van der Waals surface area contributed by atoms with E-state index >= 15 is 0 Å². The number of carbonyl (C=O) groups is 2. The molecule has 1 amide bonds. The van der Waals surface area contributed by atoms with Gasteiger partial charge in [0.1, 0.15) is 13.2 Å². The number of carbonyl (C=O) groups excluding carboxylic acids is 2. The number of aliphatic hydroxyl groups excluding tert-OH is 1. The molecule has 0 radical (unpaired) electrons. The molecule has 0 aromatic heterocycles. The average molecular weight is 281 g/mol. The van der Waals surface area contributed by atoms with Gasteiger partial charge in [-0.05, 0) is 12.5 Å². The molecule has 1 unspecified atom stereocenters. The van der Waals surface area contributed by atoms with Crippen molar-refractivity contribution in [2.45, 2.75) is 19.6 Å². The van der Waals surface area contributed by atoms with Crippen LogP contribution in [0, 0.1) is 0 Å². The summed E-state index contributed by atoms with van der Waals surface area (Å²) in [6.45, 7) is 1.38. The van der Waals surface area contributed by atoms with Crippen LogP contribution in [0.1, 0.15) is 12.5 Å². The van der Waals surface area contributed by atoms with Gasteiger partial charge in [-0.3, -0.25) is 9.69 Å². The molecule has 0 bridgehead atoms. The summed E-state index contributed by atoms with van der Waals surface area (Å²) >= 11 is 0. The molecule has 1 aromatic rings. The number of esters is 1. The van der Waals surface area contributed by atoms with Gasteiger partial charge in [0.05, 0.1) is 19.8 Å². The summed E-state index contributed by atoms with van der Waals surface area (Å²) in [6, 6.07) is 9.19. The number of amides is 1. The van der Waals surface area contributed by atoms with Crippen molar-refractivity contribution in [3.8, 4) is 0 Å². The first-order valence-electron chi connectivity index (χ1n) is 6.23. The third kappa shape index (κ3) is 5.71. The van der Waals surface area contributed by atoms with Gasteiger partial charge in [0.2, 0.25) is 0 Å². The molecule has 0 saturated heterocycles. The van der Waals surface area contributed by atoms with Crippen LogP contribution >= 0.6 is 0 Å². The van der Waals surface area contributed by atoms with E-state index in [1.165, 1.54) is 14.0 Å². The second kappa shape index (κ2) is 8.16. The van der Waals surface area contributed by atoms with Crippen LogP contribution in [0.4, 0.5) is 4.79 Å². The smallest absolute Gasteiger partial charge is 0.410 e. The SMILES string of the molecule is COC(=O)CN(CC(C)O)C(=O)OCc1ccccc1. The molecule has 0 aliphatic carbocycles. The summed E-state index contributed by atoms with van der Waals surface area (Å²) in [4.78, 5) is 24.2. The number of rotatable bonds is 6. The van der Waals surface area contributed by atoms with Crippen molar-refractivity contribution in [2.24, 2.45) is 0 Å². The van der Waals surface area contributed by atoms with Gasteiger partial charge in [-0.25, -0.2) is 4.79 Å². The van der Waals surface area contributed by atoms with Gasteiger partial charge in [-0.2, -0.15) is 0 Å². The Bertz CT molecular complexity index is 432. The highest BCUT2D eigenvalue weighted by Crippen LogP contribution is 2.04. The summed E-state index contributed by atoms with van der Waals surface area (Å²) in [5.74, 6) is -0.567. The number of nitrogens with zero attached hydrogens (tertiary/aromatic N) is 1. The summed E-state index contributed by atoms with van der Waals surface area (Å²) in [5.41, 5.74) is 0.843. The molecule has 0 saturated carbocycles. The van der Waals surface area contributed by atoms with Crippen LogP contribution in [0.5, 0.6) is 0 Å². The lowest BCUT2D eigenvalue weighted by Crippen LogP contribution is -2.40. The Morgan fingerprint density at radius 1 is 1.30 bits per heavy atom. The van der Waals surface area contributed by atoms with Crippen LogP contribution in [0.25, 0.3) is 0 Å². The maximum absolute atomic E-state index is 11.9. The molecule has 0 spiro atoms. The third-order valence-corrected chi connectivity index (χ3v) is 2.50. The van der Waals surface area contributed by atoms with Gasteiger partial charge in [-0.1, -0.05) is 30.3 Å². The van der Waals surface area contributed by atoms with E-state index in [2.05, 4.69) is 4.74 Å². The van der Waals surface area contributed by atoms with Crippen LogP contribution in [-0.2, 0) is 20.9 Å². The average Bonchev–Trinajstić information content (AvgIpc) is 2.44. The number of hydrogen-bond acceptors (Lipinski definition) is 5. The number of benzene rings is 1. The number of methoxy groups -OCH3 is 1. The van der Waals surface area contributed by atoms with E-state index in [-0.39, 0.29) is 19.7 Å². The van der Waals surface area contributed by atoms with Crippen molar-refractivity contribution in [3.63, 3.8) is 0 Å². The minimum Gasteiger partial charge on any atom is -0.468 e. The van der Waals surface area contributed by atoms with Crippen LogP contribution < -0.4 is 0 Å². The predicted molar refractivity (Wildman–Crippen MR) is 71.9 cm³/mol. The lowest BCUT2D eigenvalue weighted by atomic mass is 10.2. The normalized spacial score (nSPS) is 11.6. The monoisotopic (exact) mass is 281 g/mol. The highest BCUT2D eigenvalue weighted by atomic mass is 16.6. The highest BCUT2D eigenvalue weighted by molar-refractivity contribution is 5.78. The highest BCUT2D eigenvalue weighted by Gasteiger charge is 2.20. The first-order valence-corrected chi connectivity index (χ1v) is 6.23. The Morgan fingerprint density at radius 2 is 1.95 bits per heavy atom. The molecule has 0 aliphatic heterocycles. The molecule has 6 heteroatoms. The molecule has 0 aliphatic rings. The van der Waals surface area contributed by atoms with E-state index < -0.39 is 18.2 Å². The van der Waals surface area contributed by atoms with E-state index in [9.17, 15) is 14.7 Å². The van der Waals surface area contributed by atoms with Gasteiger partial charge in [0, 0.05) is 0 Å². The van der Waals surface area contributed by atoms with E-state index in [1.54, 1.807) is 0 Å². The molecular weight excluding hydrogens is 262 g/mol. The fourth-order valence-electron chi connectivity index (χ4n) is 1.55. The Morgan fingerprint density at radius 3 is 2.50 bits per heavy atom. The van der Waals surface area contributed by atoms with E-state index in [0.29, 0.717) is 0 Å². The summed E-state index contributed by atoms with van der Waals surface area (Å²) in [6.07, 6.45) is -1.43. The fraction of sp³-hybridized carbons (Fsp3) is 0.429. The van der Waals surface area contributed by atoms with Crippen molar-refractivity contribution >= 4 is 12.1 Å². The van der Waals surface area contributed by atoms with Gasteiger partial charge >= 0.3 is 12.1 Å². The van der Waals surface area contributed by atoms with Crippen LogP contribution in [-0.4, -0.2) is 48.4 Å². The summed E-state index contributed by atoms with van der Waals surface area (Å²) in [5, 5.41) is 9.34. The van der Waals surface area contributed by atoms with Gasteiger partial charge in [-0.15, -0.1) is 0 Å². The van der Waals surface area contributed by atoms with Crippen molar-refractivity contribution in [1.29, 1.82) is 0 Å². The molecule has 1 rings (SSSR count). The van der Waals surface area contributed by atoms with E-state index in [4.69, 9.17) is 4.74 Å².